The molecule has 0 spiro atoms. The molecule has 0 aliphatic carbocycles. The van der Waals surface area contributed by atoms with Crippen LogP contribution in [-0.2, 0) is 6.54 Å². The normalized spacial score (nSPS) is 12.1. The third-order valence-electron chi connectivity index (χ3n) is 3.11. The van der Waals surface area contributed by atoms with Gasteiger partial charge in [-0.1, -0.05) is 12.1 Å². The van der Waals surface area contributed by atoms with E-state index in [1.807, 2.05) is 23.6 Å². The van der Waals surface area contributed by atoms with E-state index in [9.17, 15) is 0 Å². The Balaban J connectivity index is 2.54. The van der Waals surface area contributed by atoms with E-state index in [-0.39, 0.29) is 6.61 Å². The van der Waals surface area contributed by atoms with Crippen molar-refractivity contribution in [1.82, 2.24) is 4.57 Å². The Bertz CT molecular complexity index is 610. The highest BCUT2D eigenvalue weighted by Crippen LogP contribution is 2.20. The second-order valence-corrected chi connectivity index (χ2v) is 5.20. The van der Waals surface area contributed by atoms with Crippen molar-refractivity contribution >= 4 is 17.0 Å². The van der Waals surface area contributed by atoms with E-state index in [1.165, 1.54) is 11.1 Å². The smallest absolute Gasteiger partial charge is 0.190 e. The summed E-state index contributed by atoms with van der Waals surface area (Å²) in [5.41, 5.74) is 4.60. The summed E-state index contributed by atoms with van der Waals surface area (Å²) in [7, 11) is 0. The number of hydrogen-bond donors (Lipinski definition) is 1. The molecule has 4 heteroatoms. The summed E-state index contributed by atoms with van der Waals surface area (Å²) in [5, 5.41) is 11.2. The van der Waals surface area contributed by atoms with Crippen LogP contribution in [0.1, 0.15) is 16.8 Å². The Morgan fingerprint density at radius 1 is 1.28 bits per heavy atom. The van der Waals surface area contributed by atoms with E-state index >= 15 is 0 Å². The van der Waals surface area contributed by atoms with Crippen molar-refractivity contribution in [2.24, 2.45) is 4.99 Å². The van der Waals surface area contributed by atoms with Gasteiger partial charge < -0.3 is 9.67 Å². The molecular formula is C14H18N2OS. The van der Waals surface area contributed by atoms with Crippen molar-refractivity contribution in [1.29, 1.82) is 0 Å². The summed E-state index contributed by atoms with van der Waals surface area (Å²) in [6.07, 6.45) is 0. The van der Waals surface area contributed by atoms with Crippen molar-refractivity contribution in [3.8, 4) is 0 Å². The Morgan fingerprint density at radius 3 is 2.78 bits per heavy atom. The number of rotatable bonds is 3. The molecule has 0 aliphatic rings. The topological polar surface area (TPSA) is 37.5 Å². The van der Waals surface area contributed by atoms with Crippen LogP contribution in [0.15, 0.2) is 28.6 Å². The average molecular weight is 262 g/mol. The van der Waals surface area contributed by atoms with Crippen LogP contribution in [-0.4, -0.2) is 16.3 Å². The first-order valence-electron chi connectivity index (χ1n) is 6.00. The maximum absolute atomic E-state index is 9.09. The van der Waals surface area contributed by atoms with E-state index in [0.717, 1.165) is 16.2 Å². The Hall–Kier alpha value is -1.39. The van der Waals surface area contributed by atoms with Crippen molar-refractivity contribution in [3.63, 3.8) is 0 Å². The SMILES string of the molecule is Cc1cccc(N=c2scc(C)n2CCO)c1C. The van der Waals surface area contributed by atoms with Crippen molar-refractivity contribution < 1.29 is 5.11 Å². The zero-order chi connectivity index (χ0) is 13.1. The molecule has 0 radical (unpaired) electrons. The molecule has 1 aromatic carbocycles. The molecule has 1 heterocycles. The highest BCUT2D eigenvalue weighted by Gasteiger charge is 2.03. The lowest BCUT2D eigenvalue weighted by atomic mass is 10.1. The molecule has 0 bridgehead atoms. The molecule has 96 valence electrons. The molecule has 0 fully saturated rings. The molecule has 1 aromatic heterocycles. The van der Waals surface area contributed by atoms with Crippen molar-refractivity contribution in [2.75, 3.05) is 6.61 Å². The van der Waals surface area contributed by atoms with E-state index in [4.69, 9.17) is 10.1 Å². The highest BCUT2D eigenvalue weighted by molar-refractivity contribution is 7.07. The molecule has 1 N–H and O–H groups in total. The summed E-state index contributed by atoms with van der Waals surface area (Å²) < 4.78 is 2.05. The molecule has 0 atom stereocenters. The predicted molar refractivity (Wildman–Crippen MR) is 75.3 cm³/mol. The third kappa shape index (κ3) is 2.54. The molecule has 0 amide bonds. The van der Waals surface area contributed by atoms with Crippen LogP contribution in [0.2, 0.25) is 0 Å². The van der Waals surface area contributed by atoms with Crippen LogP contribution in [0.5, 0.6) is 0 Å². The number of aliphatic hydroxyl groups excluding tert-OH is 1. The van der Waals surface area contributed by atoms with Gasteiger partial charge in [0.1, 0.15) is 0 Å². The van der Waals surface area contributed by atoms with E-state index in [1.54, 1.807) is 11.3 Å². The lowest BCUT2D eigenvalue weighted by molar-refractivity contribution is 0.273. The number of nitrogens with zero attached hydrogens (tertiary/aromatic N) is 2. The van der Waals surface area contributed by atoms with E-state index < -0.39 is 0 Å². The van der Waals surface area contributed by atoms with Gasteiger partial charge in [0, 0.05) is 17.6 Å². The minimum absolute atomic E-state index is 0.136. The van der Waals surface area contributed by atoms with Gasteiger partial charge in [-0.15, -0.1) is 11.3 Å². The molecular weight excluding hydrogens is 244 g/mol. The van der Waals surface area contributed by atoms with Gasteiger partial charge in [-0.05, 0) is 38.0 Å². The van der Waals surface area contributed by atoms with E-state index in [2.05, 4.69) is 25.3 Å². The Morgan fingerprint density at radius 2 is 2.06 bits per heavy atom. The Labute approximate surface area is 111 Å². The first kappa shape index (κ1) is 13.1. The number of aryl methyl sites for hydroxylation is 2. The van der Waals surface area contributed by atoms with Gasteiger partial charge >= 0.3 is 0 Å². The van der Waals surface area contributed by atoms with Gasteiger partial charge in [0.2, 0.25) is 0 Å². The van der Waals surface area contributed by atoms with Crippen LogP contribution in [0.3, 0.4) is 0 Å². The molecule has 2 rings (SSSR count). The standard InChI is InChI=1S/C14H18N2OS/c1-10-5-4-6-13(12(10)3)15-14-16(7-8-17)11(2)9-18-14/h4-6,9,17H,7-8H2,1-3H3. The quantitative estimate of drug-likeness (QED) is 0.907. The number of benzene rings is 1. The molecule has 0 aliphatic heterocycles. The summed E-state index contributed by atoms with van der Waals surface area (Å²) in [5.74, 6) is 0. The Kier molecular flexibility index (Phi) is 3.99. The average Bonchev–Trinajstić information content (AvgIpc) is 2.68. The summed E-state index contributed by atoms with van der Waals surface area (Å²) in [6.45, 7) is 6.95. The van der Waals surface area contributed by atoms with Crippen LogP contribution in [0, 0.1) is 20.8 Å². The van der Waals surface area contributed by atoms with Gasteiger partial charge in [0.25, 0.3) is 0 Å². The zero-order valence-corrected chi connectivity index (χ0v) is 11.8. The molecule has 0 saturated heterocycles. The minimum atomic E-state index is 0.136. The van der Waals surface area contributed by atoms with Gasteiger partial charge in [0.15, 0.2) is 4.80 Å². The molecule has 18 heavy (non-hydrogen) atoms. The van der Waals surface area contributed by atoms with Crippen molar-refractivity contribution in [2.45, 2.75) is 27.3 Å². The van der Waals surface area contributed by atoms with Gasteiger partial charge in [-0.2, -0.15) is 0 Å². The lowest BCUT2D eigenvalue weighted by Crippen LogP contribution is -2.18. The second-order valence-electron chi connectivity index (χ2n) is 4.37. The highest BCUT2D eigenvalue weighted by atomic mass is 32.1. The lowest BCUT2D eigenvalue weighted by Gasteiger charge is -2.05. The maximum atomic E-state index is 9.09. The molecule has 3 nitrogen and oxygen atoms in total. The van der Waals surface area contributed by atoms with Gasteiger partial charge in [-0.3, -0.25) is 0 Å². The molecule has 2 aromatic rings. The van der Waals surface area contributed by atoms with Crippen LogP contribution < -0.4 is 4.80 Å². The van der Waals surface area contributed by atoms with Crippen LogP contribution in [0.4, 0.5) is 5.69 Å². The number of hydrogen-bond acceptors (Lipinski definition) is 3. The number of thiazole rings is 1. The van der Waals surface area contributed by atoms with Crippen LogP contribution in [0.25, 0.3) is 0 Å². The molecule has 0 unspecified atom stereocenters. The van der Waals surface area contributed by atoms with Gasteiger partial charge in [-0.25, -0.2) is 4.99 Å². The predicted octanol–water partition coefficient (Wildman–Crippen LogP) is 2.70. The fraction of sp³-hybridized carbons (Fsp3) is 0.357. The monoisotopic (exact) mass is 262 g/mol. The first-order chi connectivity index (χ1) is 8.63. The summed E-state index contributed by atoms with van der Waals surface area (Å²) in [4.78, 5) is 5.65. The third-order valence-corrected chi connectivity index (χ3v) is 4.09. The largest absolute Gasteiger partial charge is 0.395 e. The van der Waals surface area contributed by atoms with Gasteiger partial charge in [0.05, 0.1) is 12.3 Å². The number of aromatic nitrogens is 1. The minimum Gasteiger partial charge on any atom is -0.395 e. The first-order valence-corrected chi connectivity index (χ1v) is 6.88. The number of aliphatic hydroxyl groups is 1. The van der Waals surface area contributed by atoms with Crippen LogP contribution >= 0.6 is 11.3 Å². The fourth-order valence-corrected chi connectivity index (χ4v) is 2.75. The summed E-state index contributed by atoms with van der Waals surface area (Å²) in [6, 6.07) is 6.15. The summed E-state index contributed by atoms with van der Waals surface area (Å²) >= 11 is 1.61. The fourth-order valence-electron chi connectivity index (χ4n) is 1.83. The zero-order valence-electron chi connectivity index (χ0n) is 11.0. The second kappa shape index (κ2) is 5.50. The molecule has 0 saturated carbocycles. The maximum Gasteiger partial charge on any atom is 0.190 e. The van der Waals surface area contributed by atoms with E-state index in [0.29, 0.717) is 6.54 Å². The van der Waals surface area contributed by atoms with Crippen molar-refractivity contribution in [3.05, 3.63) is 45.2 Å².